The van der Waals surface area contributed by atoms with Gasteiger partial charge in [-0.2, -0.15) is 0 Å². The van der Waals surface area contributed by atoms with Gasteiger partial charge in [0.25, 0.3) is 0 Å². The average Bonchev–Trinajstić information content (AvgIpc) is 3.30. The Morgan fingerprint density at radius 2 is 1.88 bits per heavy atom. The molecule has 33 heavy (non-hydrogen) atoms. The summed E-state index contributed by atoms with van der Waals surface area (Å²) >= 11 is 0. The number of hydrogen-bond donors (Lipinski definition) is 2. The van der Waals surface area contributed by atoms with Gasteiger partial charge >= 0.3 is 0 Å². The minimum absolute atomic E-state index is 0. The number of aliphatic imine (C=N–C) groups is 1. The number of amides is 1. The fourth-order valence-corrected chi connectivity index (χ4v) is 4.01. The van der Waals surface area contributed by atoms with Crippen LogP contribution in [0.25, 0.3) is 0 Å². The summed E-state index contributed by atoms with van der Waals surface area (Å²) in [6, 6.07) is 4.10. The molecule has 10 heteroatoms. The van der Waals surface area contributed by atoms with Crippen LogP contribution >= 0.6 is 24.0 Å². The van der Waals surface area contributed by atoms with Gasteiger partial charge in [-0.25, -0.2) is 0 Å². The van der Waals surface area contributed by atoms with Crippen LogP contribution in [0.5, 0.6) is 0 Å². The van der Waals surface area contributed by atoms with E-state index in [9.17, 15) is 4.79 Å². The van der Waals surface area contributed by atoms with Gasteiger partial charge in [0.1, 0.15) is 5.76 Å². The number of carbonyl (C=O) groups excluding carboxylic acids is 1. The minimum atomic E-state index is 0. The Morgan fingerprint density at radius 1 is 1.12 bits per heavy atom. The zero-order valence-corrected chi connectivity index (χ0v) is 22.5. The van der Waals surface area contributed by atoms with E-state index in [0.29, 0.717) is 6.54 Å². The average molecular weight is 577 g/mol. The van der Waals surface area contributed by atoms with Gasteiger partial charge in [-0.15, -0.1) is 24.0 Å². The van der Waals surface area contributed by atoms with E-state index >= 15 is 0 Å². The van der Waals surface area contributed by atoms with Gasteiger partial charge in [-0.1, -0.05) is 0 Å². The van der Waals surface area contributed by atoms with Crippen LogP contribution in [0, 0.1) is 0 Å². The number of piperazine rings is 1. The van der Waals surface area contributed by atoms with E-state index in [1.807, 2.05) is 26.0 Å². The molecule has 0 radical (unpaired) electrons. The van der Waals surface area contributed by atoms with Gasteiger partial charge < -0.3 is 24.7 Å². The zero-order valence-electron chi connectivity index (χ0n) is 20.1. The molecule has 2 saturated heterocycles. The highest BCUT2D eigenvalue weighted by atomic mass is 127. The predicted octanol–water partition coefficient (Wildman–Crippen LogP) is 1.25. The molecule has 1 amide bonds. The molecule has 1 aromatic heterocycles. The van der Waals surface area contributed by atoms with Crippen LogP contribution in [-0.4, -0.2) is 111 Å². The van der Waals surface area contributed by atoms with Crippen LogP contribution in [-0.2, 0) is 16.0 Å². The van der Waals surface area contributed by atoms with Crippen molar-refractivity contribution in [3.63, 3.8) is 0 Å². The van der Waals surface area contributed by atoms with Crippen molar-refractivity contribution >= 4 is 35.8 Å². The maximum atomic E-state index is 12.1. The third kappa shape index (κ3) is 10.6. The predicted molar refractivity (Wildman–Crippen MR) is 141 cm³/mol. The molecule has 0 aromatic carbocycles. The topological polar surface area (TPSA) is 85.6 Å². The number of halogens is 1. The van der Waals surface area contributed by atoms with E-state index in [1.165, 1.54) is 0 Å². The van der Waals surface area contributed by atoms with Gasteiger partial charge in [-0.3, -0.25) is 19.6 Å². The summed E-state index contributed by atoms with van der Waals surface area (Å²) in [5, 5.41) is 6.51. The van der Waals surface area contributed by atoms with Crippen molar-refractivity contribution in [2.45, 2.75) is 32.7 Å². The lowest BCUT2D eigenvalue weighted by atomic mass is 10.3. The summed E-state index contributed by atoms with van der Waals surface area (Å²) in [6.45, 7) is 14.3. The summed E-state index contributed by atoms with van der Waals surface area (Å²) < 4.78 is 10.9. The largest absolute Gasteiger partial charge is 0.469 e. The van der Waals surface area contributed by atoms with E-state index in [-0.39, 0.29) is 35.9 Å². The quantitative estimate of drug-likeness (QED) is 0.188. The van der Waals surface area contributed by atoms with Crippen molar-refractivity contribution in [3.05, 3.63) is 24.2 Å². The highest BCUT2D eigenvalue weighted by Crippen LogP contribution is 2.05. The number of nitrogens with one attached hydrogen (secondary N) is 2. The minimum Gasteiger partial charge on any atom is -0.469 e. The van der Waals surface area contributed by atoms with Crippen molar-refractivity contribution in [1.82, 2.24) is 25.3 Å². The van der Waals surface area contributed by atoms with Gasteiger partial charge in [0.05, 0.1) is 26.0 Å². The molecule has 0 atom stereocenters. The van der Waals surface area contributed by atoms with E-state index in [1.54, 1.807) is 6.26 Å². The fraction of sp³-hybridized carbons (Fsp3) is 0.739. The summed E-state index contributed by atoms with van der Waals surface area (Å²) in [5.41, 5.74) is 0. The number of ether oxygens (including phenoxy) is 1. The van der Waals surface area contributed by atoms with Gasteiger partial charge in [0.2, 0.25) is 5.91 Å². The Bertz CT molecular complexity index is 686. The summed E-state index contributed by atoms with van der Waals surface area (Å²) in [6.07, 6.45) is 3.58. The van der Waals surface area contributed by atoms with E-state index in [0.717, 1.165) is 96.7 Å². The lowest BCUT2D eigenvalue weighted by Crippen LogP contribution is -2.54. The highest BCUT2D eigenvalue weighted by Gasteiger charge is 2.21. The number of hydrogen-bond acceptors (Lipinski definition) is 6. The van der Waals surface area contributed by atoms with Crippen LogP contribution in [0.15, 0.2) is 27.8 Å². The summed E-state index contributed by atoms with van der Waals surface area (Å²) in [4.78, 5) is 24.0. The first-order chi connectivity index (χ1) is 15.6. The highest BCUT2D eigenvalue weighted by molar-refractivity contribution is 14.0. The normalized spacial score (nSPS) is 18.3. The second kappa shape index (κ2) is 15.5. The maximum Gasteiger partial charge on any atom is 0.234 e. The Kier molecular flexibility index (Phi) is 13.1. The van der Waals surface area contributed by atoms with Crippen molar-refractivity contribution in [2.24, 2.45) is 4.99 Å². The molecule has 2 N–H and O–H groups in total. The molecular formula is C23H41IN6O3. The SMILES string of the molecule is CC(C)NC(=O)CN1CCN(C(=NCCCN2CCOCC2)NCCc2ccco2)CC1.I. The Labute approximate surface area is 215 Å². The van der Waals surface area contributed by atoms with Crippen molar-refractivity contribution in [3.8, 4) is 0 Å². The van der Waals surface area contributed by atoms with Crippen LogP contribution in [0.4, 0.5) is 0 Å². The number of carbonyl (C=O) groups is 1. The Morgan fingerprint density at radius 3 is 2.55 bits per heavy atom. The molecule has 1 aromatic rings. The number of furan rings is 1. The molecule has 0 spiro atoms. The molecule has 0 bridgehead atoms. The summed E-state index contributed by atoms with van der Waals surface area (Å²) in [5.74, 6) is 2.04. The van der Waals surface area contributed by atoms with Gasteiger partial charge in [0.15, 0.2) is 5.96 Å². The molecule has 0 unspecified atom stereocenters. The lowest BCUT2D eigenvalue weighted by Gasteiger charge is -2.36. The maximum absolute atomic E-state index is 12.1. The standard InChI is InChI=1S/C23H40N6O3.HI/c1-20(2)26-22(30)19-28-10-12-29(13-11-28)23(25-8-6-21-5-3-16-32-21)24-7-4-9-27-14-17-31-18-15-27;/h3,5,16,20H,4,6-15,17-19H2,1-2H3,(H,24,25)(H,26,30);1H. The first-order valence-corrected chi connectivity index (χ1v) is 12.0. The van der Waals surface area contributed by atoms with E-state index < -0.39 is 0 Å². The van der Waals surface area contributed by atoms with E-state index in [4.69, 9.17) is 14.1 Å². The van der Waals surface area contributed by atoms with Crippen molar-refractivity contribution in [1.29, 1.82) is 0 Å². The third-order valence-corrected chi connectivity index (χ3v) is 5.72. The van der Waals surface area contributed by atoms with E-state index in [2.05, 4.69) is 25.3 Å². The van der Waals surface area contributed by atoms with Crippen LogP contribution < -0.4 is 10.6 Å². The van der Waals surface area contributed by atoms with Crippen molar-refractivity contribution < 1.29 is 13.9 Å². The first kappa shape index (κ1) is 27.9. The smallest absolute Gasteiger partial charge is 0.234 e. The molecule has 2 fully saturated rings. The molecule has 9 nitrogen and oxygen atoms in total. The van der Waals surface area contributed by atoms with Crippen LogP contribution in [0.3, 0.4) is 0 Å². The fourth-order valence-electron chi connectivity index (χ4n) is 4.01. The van der Waals surface area contributed by atoms with Gasteiger partial charge in [-0.05, 0) is 32.4 Å². The Hall–Kier alpha value is -1.37. The second-order valence-electron chi connectivity index (χ2n) is 8.75. The molecule has 0 aliphatic carbocycles. The third-order valence-electron chi connectivity index (χ3n) is 5.72. The molecule has 2 aliphatic rings. The molecule has 3 heterocycles. The number of morpholine rings is 1. The summed E-state index contributed by atoms with van der Waals surface area (Å²) in [7, 11) is 0. The molecular weight excluding hydrogens is 535 g/mol. The second-order valence-corrected chi connectivity index (χ2v) is 8.75. The molecule has 2 aliphatic heterocycles. The molecule has 0 saturated carbocycles. The van der Waals surface area contributed by atoms with Crippen LogP contribution in [0.2, 0.25) is 0 Å². The van der Waals surface area contributed by atoms with Crippen molar-refractivity contribution in [2.75, 3.05) is 78.7 Å². The zero-order chi connectivity index (χ0) is 22.6. The first-order valence-electron chi connectivity index (χ1n) is 12.0. The molecule has 3 rings (SSSR count). The number of guanidine groups is 1. The Balaban J connectivity index is 0.00000385. The van der Waals surface area contributed by atoms with Gasteiger partial charge in [0, 0.05) is 71.4 Å². The number of nitrogens with zero attached hydrogens (tertiary/aromatic N) is 4. The lowest BCUT2D eigenvalue weighted by molar-refractivity contribution is -0.123. The molecule has 188 valence electrons. The van der Waals surface area contributed by atoms with Crippen LogP contribution in [0.1, 0.15) is 26.0 Å². The monoisotopic (exact) mass is 576 g/mol. The number of rotatable bonds is 10.